The number of nitrogens with one attached hydrogen (secondary N) is 2. The fourth-order valence-corrected chi connectivity index (χ4v) is 2.72. The molecule has 1 fully saturated rings. The summed E-state index contributed by atoms with van der Waals surface area (Å²) in [5, 5.41) is 6.96. The molecule has 6 heteroatoms. The summed E-state index contributed by atoms with van der Waals surface area (Å²) in [6, 6.07) is 1.21. The van der Waals surface area contributed by atoms with Gasteiger partial charge in [-0.1, -0.05) is 0 Å². The molecule has 1 heterocycles. The molecule has 1 aliphatic heterocycles. The molecule has 0 atom stereocenters. The van der Waals surface area contributed by atoms with E-state index in [0.717, 1.165) is 45.1 Å². The molecule has 0 aromatic rings. The van der Waals surface area contributed by atoms with Gasteiger partial charge in [-0.25, -0.2) is 0 Å². The van der Waals surface area contributed by atoms with E-state index in [1.807, 2.05) is 6.92 Å². The van der Waals surface area contributed by atoms with Crippen molar-refractivity contribution in [3.05, 3.63) is 0 Å². The van der Waals surface area contributed by atoms with Crippen LogP contribution >= 0.6 is 24.0 Å². The molecule has 23 heavy (non-hydrogen) atoms. The first-order valence-electron chi connectivity index (χ1n) is 9.04. The van der Waals surface area contributed by atoms with Crippen molar-refractivity contribution < 1.29 is 4.74 Å². The van der Waals surface area contributed by atoms with Gasteiger partial charge in [0.2, 0.25) is 0 Å². The van der Waals surface area contributed by atoms with Crippen LogP contribution in [0.1, 0.15) is 53.4 Å². The van der Waals surface area contributed by atoms with Crippen LogP contribution in [0.5, 0.6) is 0 Å². The lowest BCUT2D eigenvalue weighted by molar-refractivity contribution is 0.144. The Morgan fingerprint density at radius 2 is 1.91 bits per heavy atom. The predicted molar refractivity (Wildman–Crippen MR) is 110 cm³/mol. The Kier molecular flexibility index (Phi) is 14.2. The van der Waals surface area contributed by atoms with Gasteiger partial charge in [0, 0.05) is 51.5 Å². The van der Waals surface area contributed by atoms with Crippen molar-refractivity contribution >= 4 is 29.9 Å². The summed E-state index contributed by atoms with van der Waals surface area (Å²) in [5.41, 5.74) is 0. The number of aliphatic imine (C=N–C) groups is 1. The number of piperidine rings is 1. The zero-order valence-corrected chi connectivity index (χ0v) is 17.8. The zero-order chi connectivity index (χ0) is 16.2. The van der Waals surface area contributed by atoms with Gasteiger partial charge in [0.25, 0.3) is 0 Å². The van der Waals surface area contributed by atoms with Crippen LogP contribution in [0.25, 0.3) is 0 Å². The number of nitrogens with zero attached hydrogens (tertiary/aromatic N) is 2. The summed E-state index contributed by atoms with van der Waals surface area (Å²) >= 11 is 0. The van der Waals surface area contributed by atoms with Crippen molar-refractivity contribution in [1.29, 1.82) is 0 Å². The van der Waals surface area contributed by atoms with Crippen LogP contribution in [-0.4, -0.2) is 62.3 Å². The molecule has 0 spiro atoms. The second-order valence-corrected chi connectivity index (χ2v) is 6.21. The summed E-state index contributed by atoms with van der Waals surface area (Å²) in [6.45, 7) is 14.5. The van der Waals surface area contributed by atoms with Gasteiger partial charge in [-0.05, 0) is 53.4 Å². The van der Waals surface area contributed by atoms with Gasteiger partial charge in [0.05, 0.1) is 0 Å². The molecule has 0 aliphatic carbocycles. The van der Waals surface area contributed by atoms with E-state index < -0.39 is 0 Å². The summed E-state index contributed by atoms with van der Waals surface area (Å²) in [5.74, 6) is 0.974. The molecule has 0 amide bonds. The van der Waals surface area contributed by atoms with E-state index in [4.69, 9.17) is 4.74 Å². The summed E-state index contributed by atoms with van der Waals surface area (Å²) in [4.78, 5) is 7.24. The Morgan fingerprint density at radius 1 is 1.22 bits per heavy atom. The number of halogens is 1. The number of ether oxygens (including phenoxy) is 1. The average Bonchev–Trinajstić information content (AvgIpc) is 2.51. The molecule has 1 rings (SSSR count). The number of unbranched alkanes of at least 4 members (excludes halogenated alkanes) is 1. The predicted octanol–water partition coefficient (Wildman–Crippen LogP) is 2.85. The van der Waals surface area contributed by atoms with Crippen LogP contribution < -0.4 is 10.6 Å². The molecule has 1 aliphatic rings. The van der Waals surface area contributed by atoms with Crippen LogP contribution in [0, 0.1) is 0 Å². The highest BCUT2D eigenvalue weighted by Gasteiger charge is 2.21. The van der Waals surface area contributed by atoms with Crippen molar-refractivity contribution in [1.82, 2.24) is 15.5 Å². The third-order valence-electron chi connectivity index (χ3n) is 4.12. The Labute approximate surface area is 160 Å². The molecule has 5 nitrogen and oxygen atoms in total. The highest BCUT2D eigenvalue weighted by atomic mass is 127. The Balaban J connectivity index is 0.00000484. The Bertz CT molecular complexity index is 305. The van der Waals surface area contributed by atoms with Gasteiger partial charge in [-0.15, -0.1) is 24.0 Å². The lowest BCUT2D eigenvalue weighted by Gasteiger charge is -2.35. The number of rotatable bonds is 9. The van der Waals surface area contributed by atoms with Gasteiger partial charge in [0.1, 0.15) is 0 Å². The van der Waals surface area contributed by atoms with Crippen LogP contribution in [0.4, 0.5) is 0 Å². The molecule has 0 saturated carbocycles. The topological polar surface area (TPSA) is 48.9 Å². The first-order chi connectivity index (χ1) is 10.7. The molecule has 0 radical (unpaired) electrons. The molecule has 0 aromatic carbocycles. The summed E-state index contributed by atoms with van der Waals surface area (Å²) in [7, 11) is 0. The molecular weight excluding hydrogens is 403 g/mol. The minimum absolute atomic E-state index is 0. The Morgan fingerprint density at radius 3 is 2.48 bits per heavy atom. The quantitative estimate of drug-likeness (QED) is 0.251. The Hall–Kier alpha value is -0.0800. The minimum Gasteiger partial charge on any atom is -0.382 e. The number of hydrogen-bond donors (Lipinski definition) is 2. The van der Waals surface area contributed by atoms with Gasteiger partial charge in [0.15, 0.2) is 5.96 Å². The first-order valence-corrected chi connectivity index (χ1v) is 9.04. The number of guanidine groups is 1. The van der Waals surface area contributed by atoms with E-state index in [-0.39, 0.29) is 24.0 Å². The second kappa shape index (κ2) is 14.3. The first kappa shape index (κ1) is 22.9. The van der Waals surface area contributed by atoms with Gasteiger partial charge in [-0.3, -0.25) is 4.99 Å². The van der Waals surface area contributed by atoms with E-state index in [1.165, 1.54) is 25.9 Å². The van der Waals surface area contributed by atoms with Crippen molar-refractivity contribution in [3.8, 4) is 0 Å². The largest absolute Gasteiger partial charge is 0.382 e. The third-order valence-corrected chi connectivity index (χ3v) is 4.12. The zero-order valence-electron chi connectivity index (χ0n) is 15.4. The molecule has 0 aromatic heterocycles. The van der Waals surface area contributed by atoms with Crippen molar-refractivity contribution in [2.45, 2.75) is 65.5 Å². The number of hydrogen-bond acceptors (Lipinski definition) is 3. The van der Waals surface area contributed by atoms with Crippen molar-refractivity contribution in [2.24, 2.45) is 4.99 Å². The number of likely N-dealkylation sites (tertiary alicyclic amines) is 1. The molecule has 2 N–H and O–H groups in total. The molecule has 1 saturated heterocycles. The highest BCUT2D eigenvalue weighted by Crippen LogP contribution is 2.12. The lowest BCUT2D eigenvalue weighted by atomic mass is 10.0. The van der Waals surface area contributed by atoms with Crippen LogP contribution in [0.2, 0.25) is 0 Å². The lowest BCUT2D eigenvalue weighted by Crippen LogP contribution is -2.49. The van der Waals surface area contributed by atoms with Gasteiger partial charge >= 0.3 is 0 Å². The monoisotopic (exact) mass is 440 g/mol. The fraction of sp³-hybridized carbons (Fsp3) is 0.941. The van der Waals surface area contributed by atoms with Crippen LogP contribution in [-0.2, 0) is 4.74 Å². The molecule has 0 bridgehead atoms. The normalized spacial score (nSPS) is 17.2. The minimum atomic E-state index is 0. The molecule has 138 valence electrons. The standard InChI is InChI=1S/C17H36N4O.HI/c1-5-18-17(19-11-7-8-14-22-6-2)20-16-9-12-21(13-10-16)15(3)4;/h15-16H,5-14H2,1-4H3,(H2,18,19,20);1H. The molecule has 0 unspecified atom stereocenters. The third kappa shape index (κ3) is 10.4. The van der Waals surface area contributed by atoms with Gasteiger partial charge in [-0.2, -0.15) is 0 Å². The van der Waals surface area contributed by atoms with E-state index >= 15 is 0 Å². The van der Waals surface area contributed by atoms with Crippen molar-refractivity contribution in [2.75, 3.05) is 39.4 Å². The van der Waals surface area contributed by atoms with E-state index in [9.17, 15) is 0 Å². The van der Waals surface area contributed by atoms with E-state index in [1.54, 1.807) is 0 Å². The van der Waals surface area contributed by atoms with E-state index in [0.29, 0.717) is 12.1 Å². The summed E-state index contributed by atoms with van der Waals surface area (Å²) < 4.78 is 5.35. The van der Waals surface area contributed by atoms with Crippen molar-refractivity contribution in [3.63, 3.8) is 0 Å². The summed E-state index contributed by atoms with van der Waals surface area (Å²) in [6.07, 6.45) is 4.58. The SMILES string of the molecule is CCNC(=NCCCCOCC)NC1CCN(C(C)C)CC1.I. The second-order valence-electron chi connectivity index (χ2n) is 6.21. The maximum absolute atomic E-state index is 5.35. The molecular formula is C17H37IN4O. The maximum atomic E-state index is 5.35. The maximum Gasteiger partial charge on any atom is 0.191 e. The fourth-order valence-electron chi connectivity index (χ4n) is 2.72. The highest BCUT2D eigenvalue weighted by molar-refractivity contribution is 14.0. The van der Waals surface area contributed by atoms with E-state index in [2.05, 4.69) is 41.3 Å². The smallest absolute Gasteiger partial charge is 0.191 e. The van der Waals surface area contributed by atoms with Gasteiger partial charge < -0.3 is 20.3 Å². The van der Waals surface area contributed by atoms with Crippen LogP contribution in [0.15, 0.2) is 4.99 Å². The average molecular weight is 440 g/mol. The van der Waals surface area contributed by atoms with Crippen LogP contribution in [0.3, 0.4) is 0 Å².